The van der Waals surface area contributed by atoms with Crippen molar-refractivity contribution in [3.8, 4) is 0 Å². The fraction of sp³-hybridized carbons (Fsp3) is 0.250. The number of H-pyrrole nitrogens is 1. The Hall–Kier alpha value is -2.95. The summed E-state index contributed by atoms with van der Waals surface area (Å²) in [6, 6.07) is 11.3. The molecule has 2 N–H and O–H groups in total. The van der Waals surface area contributed by atoms with Gasteiger partial charge in [-0.3, -0.25) is 14.6 Å². The lowest BCUT2D eigenvalue weighted by molar-refractivity contribution is 0.0954. The number of fused-ring (bicyclic) bond motifs is 1. The second-order valence-corrected chi connectivity index (χ2v) is 6.37. The fourth-order valence-electron chi connectivity index (χ4n) is 2.73. The van der Waals surface area contributed by atoms with Gasteiger partial charge in [0.15, 0.2) is 0 Å². The maximum Gasteiger partial charge on any atom is 0.251 e. The maximum absolute atomic E-state index is 12.2. The van der Waals surface area contributed by atoms with E-state index in [4.69, 9.17) is 0 Å². The number of aromatic amines is 1. The van der Waals surface area contributed by atoms with E-state index < -0.39 is 0 Å². The average molecular weight is 335 g/mol. The molecule has 128 valence electrons. The summed E-state index contributed by atoms with van der Waals surface area (Å²) in [6.45, 7) is 4.68. The Kier molecular flexibility index (Phi) is 4.93. The number of nitrogens with zero attached hydrogens (tertiary/aromatic N) is 1. The van der Waals surface area contributed by atoms with E-state index in [9.17, 15) is 9.59 Å². The van der Waals surface area contributed by atoms with Crippen LogP contribution in [0.15, 0.2) is 53.6 Å². The summed E-state index contributed by atoms with van der Waals surface area (Å²) in [5.74, 6) is 0.265. The molecular weight excluding hydrogens is 314 g/mol. The highest BCUT2D eigenvalue weighted by molar-refractivity contribution is 5.93. The second-order valence-electron chi connectivity index (χ2n) is 6.37. The summed E-state index contributed by atoms with van der Waals surface area (Å²) in [5, 5.41) is 3.85. The van der Waals surface area contributed by atoms with Crippen molar-refractivity contribution in [1.29, 1.82) is 0 Å². The van der Waals surface area contributed by atoms with Crippen LogP contribution in [-0.4, -0.2) is 22.4 Å². The highest BCUT2D eigenvalue weighted by Crippen LogP contribution is 2.20. The van der Waals surface area contributed by atoms with Gasteiger partial charge in [-0.1, -0.05) is 19.9 Å². The van der Waals surface area contributed by atoms with Gasteiger partial charge in [-0.2, -0.15) is 0 Å². The van der Waals surface area contributed by atoms with Crippen LogP contribution in [0, 0.1) is 0 Å². The molecule has 0 atom stereocenters. The van der Waals surface area contributed by atoms with E-state index in [1.807, 2.05) is 18.2 Å². The van der Waals surface area contributed by atoms with Crippen LogP contribution < -0.4 is 10.9 Å². The topological polar surface area (TPSA) is 74.8 Å². The largest absolute Gasteiger partial charge is 0.352 e. The highest BCUT2D eigenvalue weighted by atomic mass is 16.1. The van der Waals surface area contributed by atoms with Crippen LogP contribution in [0.1, 0.15) is 41.3 Å². The van der Waals surface area contributed by atoms with Crippen LogP contribution >= 0.6 is 0 Å². The lowest BCUT2D eigenvalue weighted by atomic mass is 10.0. The third kappa shape index (κ3) is 3.94. The van der Waals surface area contributed by atoms with E-state index in [1.165, 1.54) is 5.56 Å². The van der Waals surface area contributed by atoms with Gasteiger partial charge in [0.2, 0.25) is 0 Å². The minimum Gasteiger partial charge on any atom is -0.352 e. The monoisotopic (exact) mass is 335 g/mol. The van der Waals surface area contributed by atoms with Crippen LogP contribution in [0.4, 0.5) is 0 Å². The maximum atomic E-state index is 12.2. The van der Waals surface area contributed by atoms with E-state index in [0.29, 0.717) is 30.0 Å². The Morgan fingerprint density at radius 3 is 2.64 bits per heavy atom. The van der Waals surface area contributed by atoms with Crippen molar-refractivity contribution in [2.45, 2.75) is 26.2 Å². The van der Waals surface area contributed by atoms with Gasteiger partial charge in [-0.25, -0.2) is 0 Å². The van der Waals surface area contributed by atoms with E-state index in [0.717, 1.165) is 10.9 Å². The van der Waals surface area contributed by atoms with Crippen LogP contribution in [0.2, 0.25) is 0 Å². The van der Waals surface area contributed by atoms with Crippen molar-refractivity contribution in [3.05, 3.63) is 75.8 Å². The molecule has 0 unspecified atom stereocenters. The van der Waals surface area contributed by atoms with Gasteiger partial charge < -0.3 is 10.3 Å². The number of carbonyl (C=O) groups excluding carboxylic acids is 1. The standard InChI is InChI=1S/C20H21N3O2/c1-13(2)15-3-4-18-17(11-15)12-16(20(25)23-18)7-10-22-19(24)14-5-8-21-9-6-14/h3-6,8-9,11-13H,7,10H2,1-2H3,(H,22,24)(H,23,25). The second kappa shape index (κ2) is 7.30. The molecule has 0 saturated heterocycles. The first kappa shape index (κ1) is 16.9. The molecule has 3 rings (SSSR count). The predicted molar refractivity (Wildman–Crippen MR) is 98.9 cm³/mol. The SMILES string of the molecule is CC(C)c1ccc2[nH]c(=O)c(CCNC(=O)c3ccncc3)cc2c1. The molecule has 0 aliphatic rings. The van der Waals surface area contributed by atoms with Crippen molar-refractivity contribution in [1.82, 2.24) is 15.3 Å². The number of carbonyl (C=O) groups is 1. The summed E-state index contributed by atoms with van der Waals surface area (Å²) >= 11 is 0. The van der Waals surface area contributed by atoms with E-state index in [1.54, 1.807) is 24.5 Å². The van der Waals surface area contributed by atoms with E-state index in [-0.39, 0.29) is 11.5 Å². The number of nitrogens with one attached hydrogen (secondary N) is 2. The van der Waals surface area contributed by atoms with Gasteiger partial charge in [-0.05, 0) is 53.6 Å². The third-order valence-electron chi connectivity index (χ3n) is 4.23. The molecule has 5 heteroatoms. The summed E-state index contributed by atoms with van der Waals surface area (Å²) in [6.07, 6.45) is 3.64. The zero-order valence-corrected chi connectivity index (χ0v) is 14.4. The summed E-state index contributed by atoms with van der Waals surface area (Å²) < 4.78 is 0. The molecule has 25 heavy (non-hydrogen) atoms. The molecule has 2 heterocycles. The molecule has 0 aliphatic carbocycles. The van der Waals surface area contributed by atoms with Gasteiger partial charge in [0, 0.05) is 35.6 Å². The molecule has 0 aliphatic heterocycles. The van der Waals surface area contributed by atoms with Crippen molar-refractivity contribution in [2.24, 2.45) is 0 Å². The Labute approximate surface area is 146 Å². The first-order valence-electron chi connectivity index (χ1n) is 8.38. The lowest BCUT2D eigenvalue weighted by Crippen LogP contribution is -2.27. The summed E-state index contributed by atoms with van der Waals surface area (Å²) in [5.41, 5.74) is 3.19. The van der Waals surface area contributed by atoms with Crippen LogP contribution in [0.5, 0.6) is 0 Å². The Balaban J connectivity index is 1.73. The van der Waals surface area contributed by atoms with Crippen LogP contribution in [-0.2, 0) is 6.42 Å². The Morgan fingerprint density at radius 1 is 1.16 bits per heavy atom. The van der Waals surface area contributed by atoms with Gasteiger partial charge in [0.25, 0.3) is 11.5 Å². The zero-order chi connectivity index (χ0) is 17.8. The molecule has 0 bridgehead atoms. The quantitative estimate of drug-likeness (QED) is 0.752. The average Bonchev–Trinajstić information content (AvgIpc) is 2.62. The van der Waals surface area contributed by atoms with Gasteiger partial charge in [-0.15, -0.1) is 0 Å². The number of hydrogen-bond donors (Lipinski definition) is 2. The van der Waals surface area contributed by atoms with Crippen LogP contribution in [0.3, 0.4) is 0 Å². The molecule has 0 fully saturated rings. The van der Waals surface area contributed by atoms with Crippen molar-refractivity contribution in [2.75, 3.05) is 6.54 Å². The number of benzene rings is 1. The fourth-order valence-corrected chi connectivity index (χ4v) is 2.73. The summed E-state index contributed by atoms with van der Waals surface area (Å²) in [4.78, 5) is 31.1. The molecule has 2 aromatic heterocycles. The molecule has 3 aromatic rings. The summed E-state index contributed by atoms with van der Waals surface area (Å²) in [7, 11) is 0. The first-order valence-corrected chi connectivity index (χ1v) is 8.38. The number of pyridine rings is 2. The first-order chi connectivity index (χ1) is 12.0. The van der Waals surface area contributed by atoms with Crippen LogP contribution in [0.25, 0.3) is 10.9 Å². The van der Waals surface area contributed by atoms with E-state index in [2.05, 4.69) is 35.2 Å². The zero-order valence-electron chi connectivity index (χ0n) is 14.4. The highest BCUT2D eigenvalue weighted by Gasteiger charge is 2.08. The Morgan fingerprint density at radius 2 is 1.92 bits per heavy atom. The molecule has 1 aromatic carbocycles. The minimum atomic E-state index is -0.165. The molecular formula is C20H21N3O2. The normalized spacial score (nSPS) is 11.0. The smallest absolute Gasteiger partial charge is 0.251 e. The third-order valence-corrected chi connectivity index (χ3v) is 4.23. The predicted octanol–water partition coefficient (Wildman–Crippen LogP) is 3.02. The van der Waals surface area contributed by atoms with Crippen molar-refractivity contribution in [3.63, 3.8) is 0 Å². The number of aromatic nitrogens is 2. The van der Waals surface area contributed by atoms with Gasteiger partial charge >= 0.3 is 0 Å². The Bertz CT molecular complexity index is 946. The lowest BCUT2D eigenvalue weighted by Gasteiger charge is -2.09. The van der Waals surface area contributed by atoms with Gasteiger partial charge in [0.1, 0.15) is 0 Å². The van der Waals surface area contributed by atoms with E-state index >= 15 is 0 Å². The number of amides is 1. The molecule has 5 nitrogen and oxygen atoms in total. The number of rotatable bonds is 5. The molecule has 0 spiro atoms. The van der Waals surface area contributed by atoms with Crippen molar-refractivity contribution < 1.29 is 4.79 Å². The van der Waals surface area contributed by atoms with Crippen molar-refractivity contribution >= 4 is 16.8 Å². The number of hydrogen-bond acceptors (Lipinski definition) is 3. The minimum absolute atomic E-state index is 0.108. The molecule has 0 radical (unpaired) electrons. The molecule has 1 amide bonds. The van der Waals surface area contributed by atoms with Gasteiger partial charge in [0.05, 0.1) is 0 Å². The molecule has 0 saturated carbocycles.